The number of piperidine rings is 1. The molecule has 0 radical (unpaired) electrons. The van der Waals surface area contributed by atoms with Gasteiger partial charge in [-0.05, 0) is 49.6 Å². The number of nitrogens with one attached hydrogen (secondary N) is 1. The molecule has 0 saturated carbocycles. The Morgan fingerprint density at radius 2 is 1.77 bits per heavy atom. The minimum Gasteiger partial charge on any atom is -0.497 e. The van der Waals surface area contributed by atoms with Crippen LogP contribution in [0.2, 0.25) is 0 Å². The van der Waals surface area contributed by atoms with Gasteiger partial charge in [0.2, 0.25) is 5.91 Å². The molecule has 7 heteroatoms. The molecule has 0 aromatic heterocycles. The highest BCUT2D eigenvalue weighted by molar-refractivity contribution is 5.91. The fourth-order valence-corrected chi connectivity index (χ4v) is 3.83. The predicted octanol–water partition coefficient (Wildman–Crippen LogP) is 4.14. The van der Waals surface area contributed by atoms with Crippen LogP contribution in [0.4, 0.5) is 10.5 Å². The molecule has 0 atom stereocenters. The number of para-hydroxylation sites is 2. The van der Waals surface area contributed by atoms with Crippen LogP contribution in [0.5, 0.6) is 11.5 Å². The third kappa shape index (κ3) is 5.90. The molecule has 31 heavy (non-hydrogen) atoms. The molecule has 2 aromatic rings. The number of likely N-dealkylation sites (tertiary alicyclic amines) is 1. The second-order valence-corrected chi connectivity index (χ2v) is 7.57. The normalized spacial score (nSPS) is 14.1. The van der Waals surface area contributed by atoms with Gasteiger partial charge < -0.3 is 24.6 Å². The second-order valence-electron chi connectivity index (χ2n) is 7.57. The first-order chi connectivity index (χ1) is 15.0. The minimum atomic E-state index is -0.177. The van der Waals surface area contributed by atoms with Crippen molar-refractivity contribution in [3.8, 4) is 11.5 Å². The number of rotatable bonds is 7. The molecule has 1 heterocycles. The highest BCUT2D eigenvalue weighted by Gasteiger charge is 2.29. The monoisotopic (exact) mass is 425 g/mol. The number of methoxy groups -OCH3 is 1. The zero-order valence-electron chi connectivity index (χ0n) is 18.5. The molecule has 3 rings (SSSR count). The molecule has 1 saturated heterocycles. The van der Waals surface area contributed by atoms with Crippen molar-refractivity contribution >= 4 is 17.6 Å². The van der Waals surface area contributed by atoms with Crippen molar-refractivity contribution in [3.63, 3.8) is 0 Å². The van der Waals surface area contributed by atoms with Crippen LogP contribution in [0.25, 0.3) is 0 Å². The maximum absolute atomic E-state index is 13.4. The lowest BCUT2D eigenvalue weighted by molar-refractivity contribution is -0.130. The molecule has 166 valence electrons. The quantitative estimate of drug-likeness (QED) is 0.724. The highest BCUT2D eigenvalue weighted by atomic mass is 16.5. The van der Waals surface area contributed by atoms with E-state index in [1.54, 1.807) is 14.0 Å². The Labute approximate surface area is 183 Å². The Morgan fingerprint density at radius 1 is 1.10 bits per heavy atom. The van der Waals surface area contributed by atoms with Crippen LogP contribution < -0.4 is 14.8 Å². The van der Waals surface area contributed by atoms with E-state index in [-0.39, 0.29) is 18.0 Å². The topological polar surface area (TPSA) is 71.1 Å². The van der Waals surface area contributed by atoms with Gasteiger partial charge in [0.1, 0.15) is 11.5 Å². The number of nitrogens with zero attached hydrogens (tertiary/aromatic N) is 2. The minimum absolute atomic E-state index is 0.0388. The van der Waals surface area contributed by atoms with Gasteiger partial charge in [-0.3, -0.25) is 4.79 Å². The molecule has 0 aliphatic carbocycles. The lowest BCUT2D eigenvalue weighted by Crippen LogP contribution is -2.49. The van der Waals surface area contributed by atoms with Crippen molar-refractivity contribution in [2.45, 2.75) is 39.3 Å². The number of anilines is 1. The van der Waals surface area contributed by atoms with Gasteiger partial charge in [0, 0.05) is 32.6 Å². The van der Waals surface area contributed by atoms with Gasteiger partial charge >= 0.3 is 6.03 Å². The number of carbonyl (C=O) groups excluding carboxylic acids is 2. The summed E-state index contributed by atoms with van der Waals surface area (Å²) in [6, 6.07) is 15.0. The molecular formula is C24H31N3O4. The summed E-state index contributed by atoms with van der Waals surface area (Å²) in [5, 5.41) is 3.03. The van der Waals surface area contributed by atoms with Crippen LogP contribution >= 0.6 is 0 Å². The first-order valence-electron chi connectivity index (χ1n) is 10.7. The van der Waals surface area contributed by atoms with Crippen LogP contribution in [0.3, 0.4) is 0 Å². The number of amides is 3. The number of hydrogen-bond donors (Lipinski definition) is 1. The van der Waals surface area contributed by atoms with Crippen LogP contribution in [0.15, 0.2) is 48.5 Å². The summed E-state index contributed by atoms with van der Waals surface area (Å²) in [4.78, 5) is 28.8. The zero-order valence-corrected chi connectivity index (χ0v) is 18.5. The lowest BCUT2D eigenvalue weighted by atomic mass is 10.0. The predicted molar refractivity (Wildman–Crippen MR) is 120 cm³/mol. The van der Waals surface area contributed by atoms with Crippen molar-refractivity contribution in [1.29, 1.82) is 0 Å². The molecule has 1 N–H and O–H groups in total. The summed E-state index contributed by atoms with van der Waals surface area (Å²) < 4.78 is 10.9. The summed E-state index contributed by atoms with van der Waals surface area (Å²) in [6.07, 6.45) is 1.49. The smallest absolute Gasteiger partial charge is 0.322 e. The summed E-state index contributed by atoms with van der Waals surface area (Å²) in [7, 11) is 1.63. The first kappa shape index (κ1) is 22.5. The molecule has 2 aromatic carbocycles. The van der Waals surface area contributed by atoms with E-state index in [0.717, 1.165) is 24.2 Å². The Balaban J connectivity index is 1.79. The lowest BCUT2D eigenvalue weighted by Gasteiger charge is -2.38. The van der Waals surface area contributed by atoms with Gasteiger partial charge in [-0.1, -0.05) is 24.3 Å². The molecule has 0 spiro atoms. The van der Waals surface area contributed by atoms with E-state index in [1.165, 1.54) is 0 Å². The first-order valence-corrected chi connectivity index (χ1v) is 10.7. The summed E-state index contributed by atoms with van der Waals surface area (Å²) in [5.74, 6) is 1.50. The fourth-order valence-electron chi connectivity index (χ4n) is 3.83. The summed E-state index contributed by atoms with van der Waals surface area (Å²) in [5.41, 5.74) is 1.67. The molecule has 0 bridgehead atoms. The average Bonchev–Trinajstić information content (AvgIpc) is 2.79. The molecule has 3 amide bonds. The van der Waals surface area contributed by atoms with Gasteiger partial charge in [-0.2, -0.15) is 0 Å². The zero-order chi connectivity index (χ0) is 22.2. The van der Waals surface area contributed by atoms with E-state index in [0.29, 0.717) is 37.7 Å². The van der Waals surface area contributed by atoms with E-state index in [2.05, 4.69) is 5.32 Å². The molecule has 0 unspecified atom stereocenters. The Hall–Kier alpha value is -3.22. The number of ether oxygens (including phenoxy) is 2. The van der Waals surface area contributed by atoms with Crippen molar-refractivity contribution in [3.05, 3.63) is 54.1 Å². The number of hydrogen-bond acceptors (Lipinski definition) is 4. The number of carbonyl (C=O) groups is 2. The van der Waals surface area contributed by atoms with Crippen LogP contribution in [-0.4, -0.2) is 54.6 Å². The molecule has 1 aliphatic heterocycles. The van der Waals surface area contributed by atoms with E-state index in [4.69, 9.17) is 9.47 Å². The maximum Gasteiger partial charge on any atom is 0.322 e. The van der Waals surface area contributed by atoms with E-state index >= 15 is 0 Å². The van der Waals surface area contributed by atoms with Crippen molar-refractivity contribution in [1.82, 2.24) is 9.80 Å². The second kappa shape index (κ2) is 10.7. The maximum atomic E-state index is 13.4. The standard InChI is InChI=1S/C24H31N3O4/c1-4-31-23-8-6-5-7-22(23)25-24(29)27(17-19-9-11-21(30-3)12-10-19)20-13-15-26(16-14-20)18(2)28/h5-12,20H,4,13-17H2,1-3H3,(H,25,29). The molecule has 7 nitrogen and oxygen atoms in total. The Morgan fingerprint density at radius 3 is 2.39 bits per heavy atom. The van der Waals surface area contributed by atoms with Gasteiger partial charge in [0.05, 0.1) is 19.4 Å². The van der Waals surface area contributed by atoms with Crippen LogP contribution in [0, 0.1) is 0 Å². The van der Waals surface area contributed by atoms with Gasteiger partial charge in [0.15, 0.2) is 0 Å². The van der Waals surface area contributed by atoms with E-state index in [1.807, 2.05) is 65.3 Å². The van der Waals surface area contributed by atoms with E-state index in [9.17, 15) is 9.59 Å². The average molecular weight is 426 g/mol. The fraction of sp³-hybridized carbons (Fsp3) is 0.417. The highest BCUT2D eigenvalue weighted by Crippen LogP contribution is 2.26. The summed E-state index contributed by atoms with van der Waals surface area (Å²) in [6.45, 7) is 5.80. The third-order valence-electron chi connectivity index (χ3n) is 5.55. The van der Waals surface area contributed by atoms with E-state index < -0.39 is 0 Å². The summed E-state index contributed by atoms with van der Waals surface area (Å²) >= 11 is 0. The molecule has 1 fully saturated rings. The van der Waals surface area contributed by atoms with Crippen LogP contribution in [0.1, 0.15) is 32.3 Å². The molecule has 1 aliphatic rings. The van der Waals surface area contributed by atoms with Gasteiger partial charge in [-0.25, -0.2) is 4.79 Å². The Kier molecular flexibility index (Phi) is 7.76. The van der Waals surface area contributed by atoms with Crippen molar-refractivity contribution < 1.29 is 19.1 Å². The van der Waals surface area contributed by atoms with Crippen molar-refractivity contribution in [2.24, 2.45) is 0 Å². The van der Waals surface area contributed by atoms with Crippen LogP contribution in [-0.2, 0) is 11.3 Å². The largest absolute Gasteiger partial charge is 0.497 e. The number of urea groups is 1. The van der Waals surface area contributed by atoms with Crippen molar-refractivity contribution in [2.75, 3.05) is 32.1 Å². The Bertz CT molecular complexity index is 877. The van der Waals surface area contributed by atoms with Gasteiger partial charge in [-0.15, -0.1) is 0 Å². The SMILES string of the molecule is CCOc1ccccc1NC(=O)N(Cc1ccc(OC)cc1)C1CCN(C(C)=O)CC1. The molecular weight excluding hydrogens is 394 g/mol. The number of benzene rings is 2. The van der Waals surface area contributed by atoms with Gasteiger partial charge in [0.25, 0.3) is 0 Å². The third-order valence-corrected chi connectivity index (χ3v) is 5.55.